The first-order valence-corrected chi connectivity index (χ1v) is 7.08. The molecule has 1 aliphatic carbocycles. The van der Waals surface area contributed by atoms with Gasteiger partial charge in [-0.3, -0.25) is 14.5 Å². The molecule has 0 radical (unpaired) electrons. The summed E-state index contributed by atoms with van der Waals surface area (Å²) in [6.45, 7) is 1.75. The summed E-state index contributed by atoms with van der Waals surface area (Å²) >= 11 is 0. The molecule has 0 bridgehead atoms. The third-order valence-electron chi connectivity index (χ3n) is 3.55. The van der Waals surface area contributed by atoms with Gasteiger partial charge in [-0.2, -0.15) is 0 Å². The minimum Gasteiger partial charge on any atom is -0.468 e. The summed E-state index contributed by atoms with van der Waals surface area (Å²) in [6, 6.07) is 5.43. The van der Waals surface area contributed by atoms with Gasteiger partial charge in [0.2, 0.25) is 5.91 Å². The standard InChI is InChI=1S/C16H20N2O3/c1-12-7-6-10-14(17-12)18(11-15(19)21-2)16(20)13-8-4-3-5-9-13/h3-4,6-7,10,13H,5,8-9,11H2,1-2H3/t13-/m0/s1. The van der Waals surface area contributed by atoms with Crippen LogP contribution in [0.15, 0.2) is 30.4 Å². The van der Waals surface area contributed by atoms with Crippen LogP contribution in [0.25, 0.3) is 0 Å². The van der Waals surface area contributed by atoms with Crippen molar-refractivity contribution in [1.29, 1.82) is 0 Å². The number of nitrogens with zero attached hydrogens (tertiary/aromatic N) is 2. The number of aryl methyl sites for hydroxylation is 1. The van der Waals surface area contributed by atoms with Gasteiger partial charge in [-0.25, -0.2) is 4.98 Å². The molecule has 112 valence electrons. The number of hydrogen-bond donors (Lipinski definition) is 0. The van der Waals surface area contributed by atoms with E-state index in [1.54, 1.807) is 6.07 Å². The zero-order valence-electron chi connectivity index (χ0n) is 12.4. The Kier molecular flexibility index (Phi) is 5.09. The van der Waals surface area contributed by atoms with Gasteiger partial charge in [0.25, 0.3) is 0 Å². The number of anilines is 1. The smallest absolute Gasteiger partial charge is 0.325 e. The fourth-order valence-electron chi connectivity index (χ4n) is 2.38. The van der Waals surface area contributed by atoms with E-state index in [1.807, 2.05) is 25.1 Å². The lowest BCUT2D eigenvalue weighted by Crippen LogP contribution is -2.41. The second-order valence-electron chi connectivity index (χ2n) is 5.12. The van der Waals surface area contributed by atoms with Crippen molar-refractivity contribution in [3.8, 4) is 0 Å². The lowest BCUT2D eigenvalue weighted by molar-refractivity contribution is -0.140. The van der Waals surface area contributed by atoms with E-state index in [1.165, 1.54) is 12.0 Å². The monoisotopic (exact) mass is 288 g/mol. The number of amides is 1. The van der Waals surface area contributed by atoms with Gasteiger partial charge in [0.05, 0.1) is 7.11 Å². The van der Waals surface area contributed by atoms with Gasteiger partial charge in [-0.15, -0.1) is 0 Å². The minimum atomic E-state index is -0.446. The molecule has 1 aliphatic rings. The molecular weight excluding hydrogens is 268 g/mol. The number of esters is 1. The molecular formula is C16H20N2O3. The Balaban J connectivity index is 2.24. The summed E-state index contributed by atoms with van der Waals surface area (Å²) in [5.41, 5.74) is 0.804. The minimum absolute atomic E-state index is 0.0668. The van der Waals surface area contributed by atoms with Crippen molar-refractivity contribution in [3.63, 3.8) is 0 Å². The Bertz CT molecular complexity index is 554. The Morgan fingerprint density at radius 1 is 1.38 bits per heavy atom. The fourth-order valence-corrected chi connectivity index (χ4v) is 2.38. The number of hydrogen-bond acceptors (Lipinski definition) is 4. The first kappa shape index (κ1) is 15.2. The van der Waals surface area contributed by atoms with Crippen LogP contribution in [0.3, 0.4) is 0 Å². The van der Waals surface area contributed by atoms with E-state index >= 15 is 0 Å². The van der Waals surface area contributed by atoms with Crippen LogP contribution >= 0.6 is 0 Å². The van der Waals surface area contributed by atoms with E-state index in [0.29, 0.717) is 12.2 Å². The zero-order chi connectivity index (χ0) is 15.2. The van der Waals surface area contributed by atoms with Gasteiger partial charge < -0.3 is 4.74 Å². The SMILES string of the molecule is COC(=O)CN(C(=O)[C@H]1CC=CCC1)c1cccc(C)n1. The van der Waals surface area contributed by atoms with Gasteiger partial charge >= 0.3 is 5.97 Å². The van der Waals surface area contributed by atoms with Crippen LogP contribution in [0.2, 0.25) is 0 Å². The lowest BCUT2D eigenvalue weighted by atomic mass is 9.93. The maximum atomic E-state index is 12.7. The molecule has 1 aromatic rings. The largest absolute Gasteiger partial charge is 0.468 e. The predicted octanol–water partition coefficient (Wildman–Crippen LogP) is 2.25. The Morgan fingerprint density at radius 3 is 2.81 bits per heavy atom. The topological polar surface area (TPSA) is 59.5 Å². The highest BCUT2D eigenvalue weighted by Gasteiger charge is 2.28. The van der Waals surface area contributed by atoms with Crippen LogP contribution in [0, 0.1) is 12.8 Å². The predicted molar refractivity (Wildman–Crippen MR) is 79.8 cm³/mol. The molecule has 0 aliphatic heterocycles. The molecule has 2 rings (SSSR count). The normalized spacial score (nSPS) is 17.3. The van der Waals surface area contributed by atoms with Crippen LogP contribution in [-0.2, 0) is 14.3 Å². The molecule has 1 heterocycles. The van der Waals surface area contributed by atoms with Gasteiger partial charge in [-0.1, -0.05) is 18.2 Å². The van der Waals surface area contributed by atoms with E-state index in [4.69, 9.17) is 4.74 Å². The summed E-state index contributed by atoms with van der Waals surface area (Å²) in [5, 5.41) is 0. The molecule has 0 saturated heterocycles. The van der Waals surface area contributed by atoms with Crippen molar-refractivity contribution in [3.05, 3.63) is 36.0 Å². The quantitative estimate of drug-likeness (QED) is 0.630. The molecule has 0 unspecified atom stereocenters. The number of pyridine rings is 1. The Morgan fingerprint density at radius 2 is 2.19 bits per heavy atom. The molecule has 0 N–H and O–H groups in total. The first-order valence-electron chi connectivity index (χ1n) is 7.08. The van der Waals surface area contributed by atoms with Gasteiger partial charge in [-0.05, 0) is 38.3 Å². The number of methoxy groups -OCH3 is 1. The zero-order valence-corrected chi connectivity index (χ0v) is 12.4. The highest BCUT2D eigenvalue weighted by Crippen LogP contribution is 2.23. The molecule has 0 aromatic carbocycles. The number of carbonyl (C=O) groups excluding carboxylic acids is 2. The lowest BCUT2D eigenvalue weighted by Gasteiger charge is -2.26. The Labute approximate surface area is 124 Å². The van der Waals surface area contributed by atoms with Crippen molar-refractivity contribution in [1.82, 2.24) is 4.98 Å². The second kappa shape index (κ2) is 7.02. The summed E-state index contributed by atoms with van der Waals surface area (Å²) in [5.74, 6) is -0.109. The van der Waals surface area contributed by atoms with Crippen LogP contribution in [0.1, 0.15) is 25.0 Å². The number of rotatable bonds is 4. The number of carbonyl (C=O) groups is 2. The molecule has 5 heteroatoms. The maximum absolute atomic E-state index is 12.7. The highest BCUT2D eigenvalue weighted by molar-refractivity contribution is 5.98. The molecule has 1 atom stereocenters. The van der Waals surface area contributed by atoms with Gasteiger partial charge in [0, 0.05) is 11.6 Å². The molecule has 0 saturated carbocycles. The van der Waals surface area contributed by atoms with E-state index in [9.17, 15) is 9.59 Å². The third-order valence-corrected chi connectivity index (χ3v) is 3.55. The summed E-state index contributed by atoms with van der Waals surface area (Å²) < 4.78 is 4.70. The van der Waals surface area contributed by atoms with Gasteiger partial charge in [0.15, 0.2) is 0 Å². The van der Waals surface area contributed by atoms with E-state index in [0.717, 1.165) is 18.5 Å². The molecule has 0 fully saturated rings. The van der Waals surface area contributed by atoms with Crippen molar-refractivity contribution in [2.75, 3.05) is 18.6 Å². The van der Waals surface area contributed by atoms with Crippen LogP contribution in [0.4, 0.5) is 5.82 Å². The average Bonchev–Trinajstić information content (AvgIpc) is 2.52. The van der Waals surface area contributed by atoms with Crippen molar-refractivity contribution >= 4 is 17.7 Å². The molecule has 1 amide bonds. The summed E-state index contributed by atoms with van der Waals surface area (Å²) in [7, 11) is 1.32. The second-order valence-corrected chi connectivity index (χ2v) is 5.12. The molecule has 21 heavy (non-hydrogen) atoms. The van der Waals surface area contributed by atoms with Crippen LogP contribution in [0.5, 0.6) is 0 Å². The highest BCUT2D eigenvalue weighted by atomic mass is 16.5. The summed E-state index contributed by atoms with van der Waals surface area (Å²) in [4.78, 5) is 30.1. The first-order chi connectivity index (χ1) is 10.1. The van der Waals surface area contributed by atoms with E-state index in [-0.39, 0.29) is 18.4 Å². The van der Waals surface area contributed by atoms with Crippen LogP contribution in [-0.4, -0.2) is 30.5 Å². The third kappa shape index (κ3) is 3.90. The van der Waals surface area contributed by atoms with Crippen molar-refractivity contribution in [2.45, 2.75) is 26.2 Å². The Hall–Kier alpha value is -2.17. The molecule has 5 nitrogen and oxygen atoms in total. The molecule has 1 aromatic heterocycles. The van der Waals surface area contributed by atoms with Crippen molar-refractivity contribution in [2.24, 2.45) is 5.92 Å². The van der Waals surface area contributed by atoms with Crippen LogP contribution < -0.4 is 4.90 Å². The number of aromatic nitrogens is 1. The number of allylic oxidation sites excluding steroid dienone is 2. The van der Waals surface area contributed by atoms with E-state index in [2.05, 4.69) is 11.1 Å². The summed E-state index contributed by atoms with van der Waals surface area (Å²) in [6.07, 6.45) is 6.51. The van der Waals surface area contributed by atoms with Crippen molar-refractivity contribution < 1.29 is 14.3 Å². The number of ether oxygens (including phenoxy) is 1. The van der Waals surface area contributed by atoms with E-state index < -0.39 is 5.97 Å². The fraction of sp³-hybridized carbons (Fsp3) is 0.438. The maximum Gasteiger partial charge on any atom is 0.325 e. The van der Waals surface area contributed by atoms with Gasteiger partial charge in [0.1, 0.15) is 12.4 Å². The molecule has 0 spiro atoms. The average molecular weight is 288 g/mol.